The van der Waals surface area contributed by atoms with Gasteiger partial charge in [0.25, 0.3) is 0 Å². The van der Waals surface area contributed by atoms with Gasteiger partial charge in [0.1, 0.15) is 0 Å². The van der Waals surface area contributed by atoms with Crippen molar-refractivity contribution in [2.24, 2.45) is 0 Å². The molecule has 18 heavy (non-hydrogen) atoms. The van der Waals surface area contributed by atoms with Gasteiger partial charge in [-0.2, -0.15) is 0 Å². The van der Waals surface area contributed by atoms with Crippen molar-refractivity contribution >= 4 is 11.8 Å². The van der Waals surface area contributed by atoms with Crippen molar-refractivity contribution in [2.45, 2.75) is 38.8 Å². The van der Waals surface area contributed by atoms with E-state index >= 15 is 0 Å². The zero-order valence-corrected chi connectivity index (χ0v) is 10.3. The second-order valence-electron chi connectivity index (χ2n) is 4.56. The van der Waals surface area contributed by atoms with Gasteiger partial charge in [-0.1, -0.05) is 24.3 Å². The third-order valence-corrected chi connectivity index (χ3v) is 3.18. The molecule has 1 aromatic rings. The second kappa shape index (κ2) is 5.78. The predicted octanol–water partition coefficient (Wildman–Crippen LogP) is 1.61. The van der Waals surface area contributed by atoms with Crippen LogP contribution in [0.1, 0.15) is 36.8 Å². The fourth-order valence-corrected chi connectivity index (χ4v) is 2.07. The molecule has 0 unspecified atom stereocenters. The lowest BCUT2D eigenvalue weighted by Crippen LogP contribution is -2.34. The quantitative estimate of drug-likeness (QED) is 0.825. The smallest absolute Gasteiger partial charge is 0.229 e. The van der Waals surface area contributed by atoms with Crippen molar-refractivity contribution in [1.82, 2.24) is 4.90 Å². The molecule has 1 aliphatic rings. The zero-order chi connectivity index (χ0) is 13.0. The molecule has 1 fully saturated rings. The summed E-state index contributed by atoms with van der Waals surface area (Å²) in [5.74, 6) is -0.160. The van der Waals surface area contributed by atoms with Crippen molar-refractivity contribution < 1.29 is 14.7 Å². The first-order valence-corrected chi connectivity index (χ1v) is 6.22. The van der Waals surface area contributed by atoms with E-state index in [0.717, 1.165) is 24.0 Å². The highest BCUT2D eigenvalue weighted by Crippen LogP contribution is 2.16. The SMILES string of the molecule is O=C1CCCCC(=O)N1Cc1ccc(CO)cc1. The molecule has 0 radical (unpaired) electrons. The lowest BCUT2D eigenvalue weighted by atomic mass is 10.1. The molecule has 1 heterocycles. The van der Waals surface area contributed by atoms with E-state index < -0.39 is 0 Å². The van der Waals surface area contributed by atoms with E-state index in [9.17, 15) is 9.59 Å². The summed E-state index contributed by atoms with van der Waals surface area (Å²) in [6.07, 6.45) is 2.51. The molecular weight excluding hydrogens is 230 g/mol. The minimum atomic E-state index is -0.0799. The highest BCUT2D eigenvalue weighted by Gasteiger charge is 2.23. The number of imide groups is 1. The van der Waals surface area contributed by atoms with Crippen LogP contribution in [0.5, 0.6) is 0 Å². The minimum Gasteiger partial charge on any atom is -0.392 e. The van der Waals surface area contributed by atoms with Crippen LogP contribution in [-0.4, -0.2) is 21.8 Å². The maximum Gasteiger partial charge on any atom is 0.229 e. The Morgan fingerprint density at radius 2 is 1.44 bits per heavy atom. The fraction of sp³-hybridized carbons (Fsp3) is 0.429. The van der Waals surface area contributed by atoms with Gasteiger partial charge in [-0.15, -0.1) is 0 Å². The van der Waals surface area contributed by atoms with Gasteiger partial charge in [-0.05, 0) is 24.0 Å². The maximum absolute atomic E-state index is 11.8. The van der Waals surface area contributed by atoms with E-state index in [4.69, 9.17) is 5.11 Å². The Balaban J connectivity index is 2.10. The molecule has 1 N–H and O–H groups in total. The van der Waals surface area contributed by atoms with Gasteiger partial charge in [0, 0.05) is 12.8 Å². The summed E-state index contributed by atoms with van der Waals surface area (Å²) in [7, 11) is 0. The number of nitrogens with zero attached hydrogens (tertiary/aromatic N) is 1. The fourth-order valence-electron chi connectivity index (χ4n) is 2.07. The van der Waals surface area contributed by atoms with Crippen LogP contribution >= 0.6 is 0 Å². The van der Waals surface area contributed by atoms with E-state index in [2.05, 4.69) is 0 Å². The van der Waals surface area contributed by atoms with Gasteiger partial charge in [0.15, 0.2) is 0 Å². The van der Waals surface area contributed by atoms with Crippen LogP contribution in [0.4, 0.5) is 0 Å². The van der Waals surface area contributed by atoms with Gasteiger partial charge < -0.3 is 5.11 Å². The summed E-state index contributed by atoms with van der Waals surface area (Å²) in [6, 6.07) is 7.30. The average Bonchev–Trinajstić information content (AvgIpc) is 2.55. The molecule has 0 bridgehead atoms. The first kappa shape index (κ1) is 12.8. The van der Waals surface area contributed by atoms with E-state index in [1.807, 2.05) is 24.3 Å². The molecule has 96 valence electrons. The van der Waals surface area contributed by atoms with Crippen molar-refractivity contribution in [1.29, 1.82) is 0 Å². The Bertz CT molecular complexity index is 421. The van der Waals surface area contributed by atoms with Crippen LogP contribution < -0.4 is 0 Å². The summed E-state index contributed by atoms with van der Waals surface area (Å²) in [5.41, 5.74) is 1.74. The Labute approximate surface area is 106 Å². The van der Waals surface area contributed by atoms with Gasteiger partial charge >= 0.3 is 0 Å². The summed E-state index contributed by atoms with van der Waals surface area (Å²) in [5, 5.41) is 8.95. The van der Waals surface area contributed by atoms with E-state index in [1.54, 1.807) is 0 Å². The van der Waals surface area contributed by atoms with E-state index in [-0.39, 0.29) is 18.4 Å². The van der Waals surface area contributed by atoms with Gasteiger partial charge in [-0.3, -0.25) is 14.5 Å². The molecule has 0 spiro atoms. The highest BCUT2D eigenvalue weighted by molar-refractivity contribution is 5.95. The Kier molecular flexibility index (Phi) is 4.10. The third-order valence-electron chi connectivity index (χ3n) is 3.18. The number of benzene rings is 1. The molecule has 1 aliphatic heterocycles. The summed E-state index contributed by atoms with van der Waals surface area (Å²) < 4.78 is 0. The standard InChI is InChI=1S/C14H17NO3/c16-10-12-7-5-11(6-8-12)9-15-13(17)3-1-2-4-14(15)18/h5-8,16H,1-4,9-10H2. The van der Waals surface area contributed by atoms with Crippen molar-refractivity contribution in [3.05, 3.63) is 35.4 Å². The van der Waals surface area contributed by atoms with Crippen LogP contribution in [0.3, 0.4) is 0 Å². The molecule has 0 aromatic heterocycles. The molecule has 2 amide bonds. The maximum atomic E-state index is 11.8. The van der Waals surface area contributed by atoms with Crippen LogP contribution in [0.2, 0.25) is 0 Å². The predicted molar refractivity (Wildman–Crippen MR) is 66.4 cm³/mol. The summed E-state index contributed by atoms with van der Waals surface area (Å²) >= 11 is 0. The normalized spacial score (nSPS) is 16.8. The lowest BCUT2D eigenvalue weighted by molar-refractivity contribution is -0.144. The van der Waals surface area contributed by atoms with Crippen molar-refractivity contribution in [3.63, 3.8) is 0 Å². The molecule has 4 nitrogen and oxygen atoms in total. The van der Waals surface area contributed by atoms with Crippen LogP contribution in [0.25, 0.3) is 0 Å². The number of aliphatic hydroxyl groups excluding tert-OH is 1. The number of rotatable bonds is 3. The molecule has 0 atom stereocenters. The van der Waals surface area contributed by atoms with Gasteiger partial charge in [-0.25, -0.2) is 0 Å². The van der Waals surface area contributed by atoms with Crippen molar-refractivity contribution in [3.8, 4) is 0 Å². The first-order chi connectivity index (χ1) is 8.70. The van der Waals surface area contributed by atoms with Crippen LogP contribution in [-0.2, 0) is 22.7 Å². The molecule has 4 heteroatoms. The van der Waals surface area contributed by atoms with Crippen LogP contribution in [0, 0.1) is 0 Å². The van der Waals surface area contributed by atoms with Crippen molar-refractivity contribution in [2.75, 3.05) is 0 Å². The number of hydrogen-bond acceptors (Lipinski definition) is 3. The highest BCUT2D eigenvalue weighted by atomic mass is 16.3. The summed E-state index contributed by atoms with van der Waals surface area (Å²) in [4.78, 5) is 25.0. The van der Waals surface area contributed by atoms with E-state index in [0.29, 0.717) is 19.4 Å². The van der Waals surface area contributed by atoms with Gasteiger partial charge in [0.2, 0.25) is 11.8 Å². The summed E-state index contributed by atoms with van der Waals surface area (Å²) in [6.45, 7) is 0.339. The lowest BCUT2D eigenvalue weighted by Gasteiger charge is -2.18. The Morgan fingerprint density at radius 1 is 0.944 bits per heavy atom. The molecule has 1 aromatic carbocycles. The van der Waals surface area contributed by atoms with E-state index in [1.165, 1.54) is 4.90 Å². The molecular formula is C14H17NO3. The van der Waals surface area contributed by atoms with Gasteiger partial charge in [0.05, 0.1) is 13.2 Å². The molecule has 0 saturated carbocycles. The number of carbonyl (C=O) groups excluding carboxylic acids is 2. The minimum absolute atomic E-state index is 0.00184. The second-order valence-corrected chi connectivity index (χ2v) is 4.56. The largest absolute Gasteiger partial charge is 0.392 e. The monoisotopic (exact) mass is 247 g/mol. The zero-order valence-electron chi connectivity index (χ0n) is 10.3. The number of amides is 2. The first-order valence-electron chi connectivity index (χ1n) is 6.22. The number of likely N-dealkylation sites (tertiary alicyclic amines) is 1. The van der Waals surface area contributed by atoms with Crippen LogP contribution in [0.15, 0.2) is 24.3 Å². The Morgan fingerprint density at radius 3 is 1.94 bits per heavy atom. The number of aliphatic hydroxyl groups is 1. The average molecular weight is 247 g/mol. The molecule has 2 rings (SSSR count). The topological polar surface area (TPSA) is 57.6 Å². The third kappa shape index (κ3) is 2.96. The number of hydrogen-bond donors (Lipinski definition) is 1. The molecule has 0 aliphatic carbocycles. The number of carbonyl (C=O) groups is 2. The Hall–Kier alpha value is -1.68. The molecule has 1 saturated heterocycles.